The quantitative estimate of drug-likeness (QED) is 0.728. The molecule has 0 radical (unpaired) electrons. The topological polar surface area (TPSA) is 57.2 Å². The second kappa shape index (κ2) is 8.38. The zero-order chi connectivity index (χ0) is 21.1. The van der Waals surface area contributed by atoms with E-state index in [1.54, 1.807) is 13.2 Å². The fourth-order valence-corrected chi connectivity index (χ4v) is 3.28. The van der Waals surface area contributed by atoms with Crippen molar-refractivity contribution in [3.63, 3.8) is 0 Å². The summed E-state index contributed by atoms with van der Waals surface area (Å²) in [5, 5.41) is 0. The van der Waals surface area contributed by atoms with Crippen LogP contribution in [-0.2, 0) is 6.42 Å². The molecule has 8 heteroatoms. The maximum atomic E-state index is 13.1. The van der Waals surface area contributed by atoms with Gasteiger partial charge in [0.2, 0.25) is 0 Å². The Labute approximate surface area is 167 Å². The molecule has 1 aliphatic rings. The fraction of sp³-hybridized carbons (Fsp3) is 0.286. The van der Waals surface area contributed by atoms with Gasteiger partial charge in [0.1, 0.15) is 0 Å². The monoisotopic (exact) mass is 405 g/mol. The van der Waals surface area contributed by atoms with Gasteiger partial charge in [-0.25, -0.2) is 0 Å². The van der Waals surface area contributed by atoms with Crippen molar-refractivity contribution in [2.24, 2.45) is 0 Å². The molecule has 0 aliphatic carbocycles. The van der Waals surface area contributed by atoms with Crippen molar-refractivity contribution in [2.45, 2.75) is 13.0 Å². The molecular weight excluding hydrogens is 384 g/mol. The lowest BCUT2D eigenvalue weighted by Gasteiger charge is -2.31. The number of methoxy groups -OCH3 is 3. The highest BCUT2D eigenvalue weighted by Crippen LogP contribution is 2.38. The number of alkyl halides is 2. The Hall–Kier alpha value is -3.29. The number of ether oxygens (including phenoxy) is 4. The molecule has 0 bridgehead atoms. The van der Waals surface area contributed by atoms with Crippen LogP contribution in [0.4, 0.5) is 8.78 Å². The maximum absolute atomic E-state index is 13.1. The van der Waals surface area contributed by atoms with E-state index in [0.717, 1.165) is 11.1 Å². The molecule has 0 spiro atoms. The third-order valence-electron chi connectivity index (χ3n) is 4.72. The molecule has 1 aliphatic heterocycles. The molecule has 0 N–H and O–H groups in total. The van der Waals surface area contributed by atoms with E-state index < -0.39 is 6.61 Å². The highest BCUT2D eigenvalue weighted by Gasteiger charge is 2.28. The molecule has 0 atom stereocenters. The average Bonchev–Trinajstić information content (AvgIpc) is 2.72. The van der Waals surface area contributed by atoms with E-state index in [1.165, 1.54) is 37.3 Å². The Kier molecular flexibility index (Phi) is 5.91. The molecule has 0 unspecified atom stereocenters. The lowest BCUT2D eigenvalue weighted by Crippen LogP contribution is -2.34. The van der Waals surface area contributed by atoms with Crippen LogP contribution in [0.2, 0.25) is 0 Å². The Morgan fingerprint density at radius 1 is 1.00 bits per heavy atom. The van der Waals surface area contributed by atoms with Gasteiger partial charge in [-0.15, -0.1) is 0 Å². The van der Waals surface area contributed by atoms with Gasteiger partial charge in [0.25, 0.3) is 5.91 Å². The molecule has 0 aromatic heterocycles. The number of rotatable bonds is 6. The molecule has 0 saturated heterocycles. The summed E-state index contributed by atoms with van der Waals surface area (Å²) < 4.78 is 45.2. The molecule has 0 fully saturated rings. The van der Waals surface area contributed by atoms with Gasteiger partial charge in [0.15, 0.2) is 23.0 Å². The van der Waals surface area contributed by atoms with Crippen molar-refractivity contribution in [1.29, 1.82) is 0 Å². The second-order valence-electron chi connectivity index (χ2n) is 6.26. The van der Waals surface area contributed by atoms with Crippen molar-refractivity contribution < 1.29 is 32.5 Å². The second-order valence-corrected chi connectivity index (χ2v) is 6.26. The van der Waals surface area contributed by atoms with Gasteiger partial charge in [-0.1, -0.05) is 6.58 Å². The minimum Gasteiger partial charge on any atom is -0.493 e. The number of nitrogens with zero attached hydrogens (tertiary/aromatic N) is 1. The van der Waals surface area contributed by atoms with E-state index in [-0.39, 0.29) is 23.0 Å². The minimum absolute atomic E-state index is 0.0468. The van der Waals surface area contributed by atoms with E-state index in [0.29, 0.717) is 30.2 Å². The van der Waals surface area contributed by atoms with Crippen molar-refractivity contribution >= 4 is 11.6 Å². The molecule has 3 rings (SSSR count). The number of amides is 1. The first kappa shape index (κ1) is 20.4. The Morgan fingerprint density at radius 3 is 2.24 bits per heavy atom. The van der Waals surface area contributed by atoms with Crippen molar-refractivity contribution in [3.8, 4) is 23.0 Å². The number of hydrogen-bond acceptors (Lipinski definition) is 5. The van der Waals surface area contributed by atoms with Gasteiger partial charge in [0.05, 0.1) is 21.3 Å². The molecule has 29 heavy (non-hydrogen) atoms. The SMILES string of the molecule is C=C1c2cc(OC)c(OC)cc2CCN1C(=O)c1ccc(OC(F)F)c(OC)c1. The average molecular weight is 405 g/mol. The molecule has 1 amide bonds. The summed E-state index contributed by atoms with van der Waals surface area (Å²) in [5.41, 5.74) is 2.57. The van der Waals surface area contributed by atoms with Crippen molar-refractivity contribution in [2.75, 3.05) is 27.9 Å². The van der Waals surface area contributed by atoms with Gasteiger partial charge in [-0.3, -0.25) is 4.79 Å². The van der Waals surface area contributed by atoms with Crippen LogP contribution in [0.1, 0.15) is 21.5 Å². The van der Waals surface area contributed by atoms with Crippen molar-refractivity contribution in [1.82, 2.24) is 4.90 Å². The van der Waals surface area contributed by atoms with Crippen LogP contribution in [0.3, 0.4) is 0 Å². The Morgan fingerprint density at radius 2 is 1.62 bits per heavy atom. The largest absolute Gasteiger partial charge is 0.493 e. The van der Waals surface area contributed by atoms with E-state index in [2.05, 4.69) is 11.3 Å². The first-order chi connectivity index (χ1) is 13.9. The predicted molar refractivity (Wildman–Crippen MR) is 103 cm³/mol. The Bertz CT molecular complexity index is 945. The van der Waals surface area contributed by atoms with E-state index in [4.69, 9.17) is 14.2 Å². The first-order valence-electron chi connectivity index (χ1n) is 8.78. The van der Waals surface area contributed by atoms with E-state index >= 15 is 0 Å². The van der Waals surface area contributed by atoms with Gasteiger partial charge >= 0.3 is 6.61 Å². The minimum atomic E-state index is -2.99. The highest BCUT2D eigenvalue weighted by atomic mass is 19.3. The molecule has 2 aromatic carbocycles. The van der Waals surface area contributed by atoms with Crippen LogP contribution in [0.5, 0.6) is 23.0 Å². The third-order valence-corrected chi connectivity index (χ3v) is 4.72. The van der Waals surface area contributed by atoms with Crippen LogP contribution in [0.25, 0.3) is 5.70 Å². The van der Waals surface area contributed by atoms with E-state index in [1.807, 2.05) is 6.07 Å². The molecule has 2 aromatic rings. The summed E-state index contributed by atoms with van der Waals surface area (Å²) >= 11 is 0. The molecule has 1 heterocycles. The summed E-state index contributed by atoms with van der Waals surface area (Å²) in [6.07, 6.45) is 0.601. The normalized spacial score (nSPS) is 13.2. The van der Waals surface area contributed by atoms with Crippen LogP contribution in [-0.4, -0.2) is 45.3 Å². The lowest BCUT2D eigenvalue weighted by molar-refractivity contribution is -0.0512. The summed E-state index contributed by atoms with van der Waals surface area (Å²) in [7, 11) is 4.41. The van der Waals surface area contributed by atoms with Gasteiger partial charge in [0, 0.05) is 23.4 Å². The number of halogens is 2. The summed E-state index contributed by atoms with van der Waals surface area (Å²) in [6.45, 7) is 1.49. The molecule has 0 saturated carbocycles. The smallest absolute Gasteiger partial charge is 0.387 e. The molecule has 6 nitrogen and oxygen atoms in total. The summed E-state index contributed by atoms with van der Waals surface area (Å²) in [5.74, 6) is 0.733. The standard InChI is InChI=1S/C21H21F2NO5/c1-12-15-11-19(28-4)18(27-3)9-13(15)7-8-24(12)20(25)14-5-6-16(29-21(22)23)17(10-14)26-2/h5-6,9-11,21H,1,7-8H2,2-4H3. The predicted octanol–water partition coefficient (Wildman–Crippen LogP) is 3.98. The number of carbonyl (C=O) groups excluding carboxylic acids is 1. The number of carbonyl (C=O) groups is 1. The lowest BCUT2D eigenvalue weighted by atomic mass is 9.95. The number of hydrogen-bond donors (Lipinski definition) is 0. The zero-order valence-corrected chi connectivity index (χ0v) is 16.3. The summed E-state index contributed by atoms with van der Waals surface area (Å²) in [6, 6.07) is 7.74. The molecular formula is C21H21F2NO5. The van der Waals surface area contributed by atoms with Crippen molar-refractivity contribution in [3.05, 3.63) is 53.6 Å². The third kappa shape index (κ3) is 3.96. The van der Waals surface area contributed by atoms with Crippen LogP contribution >= 0.6 is 0 Å². The van der Waals surface area contributed by atoms with Gasteiger partial charge in [-0.2, -0.15) is 8.78 Å². The van der Waals surface area contributed by atoms with Crippen LogP contribution < -0.4 is 18.9 Å². The molecule has 154 valence electrons. The highest BCUT2D eigenvalue weighted by molar-refractivity contribution is 6.00. The van der Waals surface area contributed by atoms with Crippen LogP contribution in [0, 0.1) is 0 Å². The zero-order valence-electron chi connectivity index (χ0n) is 16.3. The number of benzene rings is 2. The van der Waals surface area contributed by atoms with Crippen LogP contribution in [0.15, 0.2) is 36.9 Å². The summed E-state index contributed by atoms with van der Waals surface area (Å²) in [4.78, 5) is 14.6. The van der Waals surface area contributed by atoms with Gasteiger partial charge < -0.3 is 23.8 Å². The van der Waals surface area contributed by atoms with Gasteiger partial charge in [-0.05, 0) is 42.3 Å². The van der Waals surface area contributed by atoms with E-state index in [9.17, 15) is 13.6 Å². The maximum Gasteiger partial charge on any atom is 0.387 e. The fourth-order valence-electron chi connectivity index (χ4n) is 3.28. The first-order valence-corrected chi connectivity index (χ1v) is 8.78. The number of fused-ring (bicyclic) bond motifs is 1. The Balaban J connectivity index is 1.90.